The van der Waals surface area contributed by atoms with Crippen LogP contribution in [0.25, 0.3) is 0 Å². The molecule has 0 spiro atoms. The molecule has 0 bridgehead atoms. The number of rotatable bonds is 4. The molecule has 1 unspecified atom stereocenters. The fourth-order valence-electron chi connectivity index (χ4n) is 2.52. The van der Waals surface area contributed by atoms with Crippen LogP contribution in [0.15, 0.2) is 23.1 Å². The minimum Gasteiger partial charge on any atom is -0.397 e. The molecule has 106 valence electrons. The number of aliphatic hydroxyl groups excluding tert-OH is 1. The summed E-state index contributed by atoms with van der Waals surface area (Å²) in [6, 6.07) is 4.89. The van der Waals surface area contributed by atoms with E-state index in [0.717, 1.165) is 31.6 Å². The van der Waals surface area contributed by atoms with Gasteiger partial charge in [0.05, 0.1) is 16.3 Å². The Morgan fingerprint density at radius 3 is 2.79 bits per heavy atom. The molecule has 5 nitrogen and oxygen atoms in total. The predicted molar refractivity (Wildman–Crippen MR) is 76.0 cm³/mol. The summed E-state index contributed by atoms with van der Waals surface area (Å²) < 4.78 is 22.9. The Bertz CT molecular complexity index is 557. The fourth-order valence-corrected chi connectivity index (χ4v) is 3.18. The van der Waals surface area contributed by atoms with E-state index in [-0.39, 0.29) is 11.5 Å². The van der Waals surface area contributed by atoms with E-state index in [2.05, 4.69) is 4.90 Å². The fraction of sp³-hybridized carbons (Fsp3) is 0.538. The Balaban J connectivity index is 2.19. The van der Waals surface area contributed by atoms with Gasteiger partial charge in [-0.25, -0.2) is 8.42 Å². The summed E-state index contributed by atoms with van der Waals surface area (Å²) in [4.78, 5) is 2.40. The molecule has 1 aliphatic rings. The molecule has 3 N–H and O–H groups in total. The van der Waals surface area contributed by atoms with E-state index in [1.807, 2.05) is 0 Å². The first-order chi connectivity index (χ1) is 8.91. The minimum absolute atomic E-state index is 0.209. The summed E-state index contributed by atoms with van der Waals surface area (Å²) in [6.07, 6.45) is 3.01. The Morgan fingerprint density at radius 1 is 1.47 bits per heavy atom. The Kier molecular flexibility index (Phi) is 4.01. The second kappa shape index (κ2) is 5.38. The van der Waals surface area contributed by atoms with E-state index in [0.29, 0.717) is 11.6 Å². The van der Waals surface area contributed by atoms with Crippen LogP contribution < -0.4 is 10.6 Å². The molecule has 2 rings (SSSR count). The third kappa shape index (κ3) is 3.19. The molecule has 0 aromatic heterocycles. The van der Waals surface area contributed by atoms with Crippen molar-refractivity contribution in [3.05, 3.63) is 18.2 Å². The second-order valence-corrected chi connectivity index (χ2v) is 7.12. The van der Waals surface area contributed by atoms with Crippen molar-refractivity contribution in [3.63, 3.8) is 0 Å². The zero-order valence-electron chi connectivity index (χ0n) is 11.0. The Hall–Kier alpha value is -1.27. The highest BCUT2D eigenvalue weighted by atomic mass is 32.2. The number of sulfone groups is 1. The summed E-state index contributed by atoms with van der Waals surface area (Å²) in [7, 11) is -3.22. The van der Waals surface area contributed by atoms with Crippen LogP contribution in [-0.4, -0.2) is 39.5 Å². The molecule has 1 aromatic carbocycles. The summed E-state index contributed by atoms with van der Waals surface area (Å²) >= 11 is 0. The standard InChI is InChI=1S/C13H20N2O3S/c1-19(17,18)11-2-3-13(12(14)8-11)15-6-4-10(9-15)5-7-16/h2-3,8,10,16H,4-7,9,14H2,1H3. The van der Waals surface area contributed by atoms with Crippen LogP contribution in [0.2, 0.25) is 0 Å². The van der Waals surface area contributed by atoms with E-state index >= 15 is 0 Å². The molecular formula is C13H20N2O3S. The number of hydrogen-bond acceptors (Lipinski definition) is 5. The van der Waals surface area contributed by atoms with Crippen molar-refractivity contribution >= 4 is 21.2 Å². The van der Waals surface area contributed by atoms with E-state index in [1.54, 1.807) is 12.1 Å². The lowest BCUT2D eigenvalue weighted by molar-refractivity contribution is 0.263. The highest BCUT2D eigenvalue weighted by Gasteiger charge is 2.23. The zero-order chi connectivity index (χ0) is 14.0. The monoisotopic (exact) mass is 284 g/mol. The van der Waals surface area contributed by atoms with Crippen molar-refractivity contribution in [1.29, 1.82) is 0 Å². The number of anilines is 2. The number of hydrogen-bond donors (Lipinski definition) is 2. The maximum absolute atomic E-state index is 11.5. The zero-order valence-corrected chi connectivity index (χ0v) is 11.9. The van der Waals surface area contributed by atoms with Gasteiger partial charge < -0.3 is 15.7 Å². The number of aliphatic hydroxyl groups is 1. The van der Waals surface area contributed by atoms with Gasteiger partial charge in [0.2, 0.25) is 0 Å². The quantitative estimate of drug-likeness (QED) is 0.802. The van der Waals surface area contributed by atoms with Crippen molar-refractivity contribution in [3.8, 4) is 0 Å². The normalized spacial score (nSPS) is 19.9. The molecular weight excluding hydrogens is 264 g/mol. The molecule has 0 aliphatic carbocycles. The molecule has 1 heterocycles. The second-order valence-electron chi connectivity index (χ2n) is 5.11. The molecule has 0 saturated carbocycles. The average Bonchev–Trinajstić information content (AvgIpc) is 2.76. The first-order valence-electron chi connectivity index (χ1n) is 6.37. The lowest BCUT2D eigenvalue weighted by Crippen LogP contribution is -2.21. The number of nitrogens with two attached hydrogens (primary N) is 1. The Labute approximate surface area is 113 Å². The van der Waals surface area contributed by atoms with E-state index in [4.69, 9.17) is 10.8 Å². The van der Waals surface area contributed by atoms with Crippen LogP contribution in [0.1, 0.15) is 12.8 Å². The van der Waals surface area contributed by atoms with Gasteiger partial charge in [-0.05, 0) is 37.0 Å². The van der Waals surface area contributed by atoms with Crippen molar-refractivity contribution in [2.45, 2.75) is 17.7 Å². The number of nitrogen functional groups attached to an aromatic ring is 1. The van der Waals surface area contributed by atoms with Gasteiger partial charge in [-0.15, -0.1) is 0 Å². The minimum atomic E-state index is -3.22. The molecule has 6 heteroatoms. The van der Waals surface area contributed by atoms with Gasteiger partial charge in [0.1, 0.15) is 0 Å². The molecule has 1 aliphatic heterocycles. The molecule has 0 radical (unpaired) electrons. The number of nitrogens with zero attached hydrogens (tertiary/aromatic N) is 1. The lowest BCUT2D eigenvalue weighted by Gasteiger charge is -2.21. The van der Waals surface area contributed by atoms with E-state index in [9.17, 15) is 8.42 Å². The molecule has 1 aromatic rings. The van der Waals surface area contributed by atoms with Crippen LogP contribution in [0.5, 0.6) is 0 Å². The maximum Gasteiger partial charge on any atom is 0.175 e. The van der Waals surface area contributed by atoms with Crippen LogP contribution in [0.4, 0.5) is 11.4 Å². The van der Waals surface area contributed by atoms with Gasteiger partial charge in [-0.2, -0.15) is 0 Å². The average molecular weight is 284 g/mol. The number of benzene rings is 1. The van der Waals surface area contributed by atoms with E-state index < -0.39 is 9.84 Å². The van der Waals surface area contributed by atoms with Gasteiger partial charge >= 0.3 is 0 Å². The summed E-state index contributed by atoms with van der Waals surface area (Å²) in [5.74, 6) is 0.485. The molecule has 19 heavy (non-hydrogen) atoms. The van der Waals surface area contributed by atoms with Crippen LogP contribution >= 0.6 is 0 Å². The summed E-state index contributed by atoms with van der Waals surface area (Å²) in [6.45, 7) is 1.97. The maximum atomic E-state index is 11.5. The first-order valence-corrected chi connectivity index (χ1v) is 8.26. The SMILES string of the molecule is CS(=O)(=O)c1ccc(N2CCC(CCO)C2)c(N)c1. The van der Waals surface area contributed by atoms with Gasteiger partial charge in [0.15, 0.2) is 9.84 Å². The lowest BCUT2D eigenvalue weighted by atomic mass is 10.1. The summed E-state index contributed by atoms with van der Waals surface area (Å²) in [5.41, 5.74) is 7.34. The first kappa shape index (κ1) is 14.1. The van der Waals surface area contributed by atoms with Crippen molar-refractivity contribution < 1.29 is 13.5 Å². The van der Waals surface area contributed by atoms with Gasteiger partial charge in [-0.1, -0.05) is 0 Å². The third-order valence-corrected chi connectivity index (χ3v) is 4.70. The highest BCUT2D eigenvalue weighted by Crippen LogP contribution is 2.31. The largest absolute Gasteiger partial charge is 0.397 e. The van der Waals surface area contributed by atoms with Crippen LogP contribution in [-0.2, 0) is 9.84 Å². The van der Waals surface area contributed by atoms with Crippen molar-refractivity contribution in [1.82, 2.24) is 0 Å². The van der Waals surface area contributed by atoms with Gasteiger partial charge in [0.25, 0.3) is 0 Å². The smallest absolute Gasteiger partial charge is 0.175 e. The predicted octanol–water partition coefficient (Wildman–Crippen LogP) is 0.881. The van der Waals surface area contributed by atoms with Gasteiger partial charge in [0, 0.05) is 26.0 Å². The third-order valence-electron chi connectivity index (χ3n) is 3.59. The molecule has 1 fully saturated rings. The van der Waals surface area contributed by atoms with Crippen LogP contribution in [0.3, 0.4) is 0 Å². The molecule has 1 saturated heterocycles. The van der Waals surface area contributed by atoms with Gasteiger partial charge in [-0.3, -0.25) is 0 Å². The molecule has 1 atom stereocenters. The van der Waals surface area contributed by atoms with Crippen molar-refractivity contribution in [2.75, 3.05) is 36.6 Å². The van der Waals surface area contributed by atoms with Crippen molar-refractivity contribution in [2.24, 2.45) is 5.92 Å². The molecule has 0 amide bonds. The highest BCUT2D eigenvalue weighted by molar-refractivity contribution is 7.90. The van der Waals surface area contributed by atoms with Crippen LogP contribution in [0, 0.1) is 5.92 Å². The topological polar surface area (TPSA) is 83.6 Å². The van der Waals surface area contributed by atoms with E-state index in [1.165, 1.54) is 12.3 Å². The Morgan fingerprint density at radius 2 is 2.21 bits per heavy atom. The summed E-state index contributed by atoms with van der Waals surface area (Å²) in [5, 5.41) is 8.95.